The molecular formula is C21H30N2OS. The number of thiophene rings is 1. The van der Waals surface area contributed by atoms with Crippen molar-refractivity contribution < 1.29 is 4.79 Å². The molecule has 1 unspecified atom stereocenters. The quantitative estimate of drug-likeness (QED) is 0.674. The molecule has 2 rings (SSSR count). The van der Waals surface area contributed by atoms with Crippen LogP contribution in [0.3, 0.4) is 0 Å². The molecule has 0 saturated heterocycles. The average molecular weight is 359 g/mol. The molecule has 0 bridgehead atoms. The first kappa shape index (κ1) is 19.7. The van der Waals surface area contributed by atoms with E-state index in [1.54, 1.807) is 11.3 Å². The lowest BCUT2D eigenvalue weighted by molar-refractivity contribution is -0.121. The van der Waals surface area contributed by atoms with Crippen LogP contribution in [0.5, 0.6) is 0 Å². The molecule has 0 spiro atoms. The topological polar surface area (TPSA) is 32.3 Å². The fraction of sp³-hybridized carbons (Fsp3) is 0.476. The van der Waals surface area contributed by atoms with E-state index >= 15 is 0 Å². The van der Waals surface area contributed by atoms with Gasteiger partial charge in [0.25, 0.3) is 0 Å². The van der Waals surface area contributed by atoms with Gasteiger partial charge >= 0.3 is 0 Å². The van der Waals surface area contributed by atoms with E-state index in [0.717, 1.165) is 25.9 Å². The van der Waals surface area contributed by atoms with Crippen LogP contribution in [-0.4, -0.2) is 30.4 Å². The summed E-state index contributed by atoms with van der Waals surface area (Å²) in [5.74, 6) is 0.152. The smallest absolute Gasteiger partial charge is 0.220 e. The van der Waals surface area contributed by atoms with Gasteiger partial charge in [-0.1, -0.05) is 43.7 Å². The van der Waals surface area contributed by atoms with Gasteiger partial charge < -0.3 is 5.32 Å². The number of benzene rings is 1. The second-order valence-corrected chi connectivity index (χ2v) is 7.22. The number of hydrogen-bond acceptors (Lipinski definition) is 3. The van der Waals surface area contributed by atoms with E-state index in [9.17, 15) is 4.79 Å². The highest BCUT2D eigenvalue weighted by molar-refractivity contribution is 7.07. The van der Waals surface area contributed by atoms with E-state index in [1.807, 2.05) is 0 Å². The molecular weight excluding hydrogens is 328 g/mol. The Morgan fingerprint density at radius 1 is 1.16 bits per heavy atom. The van der Waals surface area contributed by atoms with E-state index in [2.05, 4.69) is 72.1 Å². The number of amides is 1. The van der Waals surface area contributed by atoms with Crippen molar-refractivity contribution in [3.8, 4) is 0 Å². The summed E-state index contributed by atoms with van der Waals surface area (Å²) in [5.41, 5.74) is 3.88. The number of likely N-dealkylation sites (N-methyl/N-ethyl adjacent to an activating group) is 1. The summed E-state index contributed by atoms with van der Waals surface area (Å²) in [6.07, 6.45) is 2.43. The lowest BCUT2D eigenvalue weighted by Crippen LogP contribution is -2.37. The zero-order chi connectivity index (χ0) is 18.1. The van der Waals surface area contributed by atoms with Crippen LogP contribution in [0, 0.1) is 6.92 Å². The van der Waals surface area contributed by atoms with E-state index < -0.39 is 0 Å². The van der Waals surface area contributed by atoms with Crippen molar-refractivity contribution in [1.82, 2.24) is 10.2 Å². The van der Waals surface area contributed by atoms with Gasteiger partial charge in [-0.25, -0.2) is 0 Å². The Morgan fingerprint density at radius 3 is 2.48 bits per heavy atom. The van der Waals surface area contributed by atoms with Crippen molar-refractivity contribution in [3.05, 3.63) is 57.8 Å². The van der Waals surface area contributed by atoms with Crippen molar-refractivity contribution in [1.29, 1.82) is 0 Å². The Bertz CT molecular complexity index is 618. The number of carbonyl (C=O) groups is 1. The molecule has 0 aliphatic heterocycles. The third kappa shape index (κ3) is 6.29. The number of nitrogens with one attached hydrogen (secondary N) is 1. The third-order valence-electron chi connectivity index (χ3n) is 4.66. The third-order valence-corrected chi connectivity index (χ3v) is 5.37. The van der Waals surface area contributed by atoms with Crippen LogP contribution < -0.4 is 5.32 Å². The summed E-state index contributed by atoms with van der Waals surface area (Å²) in [7, 11) is 0. The molecule has 0 radical (unpaired) electrons. The summed E-state index contributed by atoms with van der Waals surface area (Å²) in [5, 5.41) is 7.43. The molecule has 25 heavy (non-hydrogen) atoms. The van der Waals surface area contributed by atoms with Gasteiger partial charge in [0.2, 0.25) is 5.91 Å². The molecule has 0 saturated carbocycles. The van der Waals surface area contributed by atoms with Crippen LogP contribution >= 0.6 is 11.3 Å². The van der Waals surface area contributed by atoms with Crippen LogP contribution in [0.4, 0.5) is 0 Å². The highest BCUT2D eigenvalue weighted by Gasteiger charge is 2.19. The van der Waals surface area contributed by atoms with Gasteiger partial charge in [-0.15, -0.1) is 0 Å². The average Bonchev–Trinajstić information content (AvgIpc) is 3.14. The fourth-order valence-corrected chi connectivity index (χ4v) is 3.80. The van der Waals surface area contributed by atoms with Crippen LogP contribution in [0.15, 0.2) is 41.1 Å². The van der Waals surface area contributed by atoms with Gasteiger partial charge in [-0.05, 0) is 60.8 Å². The number of rotatable bonds is 10. The minimum absolute atomic E-state index is 0.152. The number of hydrogen-bond donors (Lipinski definition) is 1. The molecule has 1 N–H and O–H groups in total. The normalized spacial score (nSPS) is 12.3. The first-order valence-corrected chi connectivity index (χ1v) is 10.2. The van der Waals surface area contributed by atoms with E-state index in [1.165, 1.54) is 16.7 Å². The van der Waals surface area contributed by atoms with Gasteiger partial charge in [0.15, 0.2) is 0 Å². The minimum atomic E-state index is 0.152. The van der Waals surface area contributed by atoms with Crippen molar-refractivity contribution >= 4 is 17.2 Å². The molecule has 1 atom stereocenters. The predicted octanol–water partition coefficient (Wildman–Crippen LogP) is 4.58. The van der Waals surface area contributed by atoms with Crippen molar-refractivity contribution in [2.24, 2.45) is 0 Å². The molecule has 1 aromatic heterocycles. The van der Waals surface area contributed by atoms with Crippen LogP contribution in [0.2, 0.25) is 0 Å². The predicted molar refractivity (Wildman–Crippen MR) is 107 cm³/mol. The zero-order valence-corrected chi connectivity index (χ0v) is 16.4. The zero-order valence-electron chi connectivity index (χ0n) is 15.6. The summed E-state index contributed by atoms with van der Waals surface area (Å²) in [6.45, 7) is 9.10. The summed E-state index contributed by atoms with van der Waals surface area (Å²) in [6, 6.07) is 11.0. The van der Waals surface area contributed by atoms with E-state index in [0.29, 0.717) is 13.0 Å². The Morgan fingerprint density at radius 2 is 1.88 bits per heavy atom. The molecule has 0 aliphatic rings. The first-order valence-electron chi connectivity index (χ1n) is 9.22. The summed E-state index contributed by atoms with van der Waals surface area (Å²) >= 11 is 1.71. The van der Waals surface area contributed by atoms with Gasteiger partial charge in [0.1, 0.15) is 0 Å². The molecule has 0 fully saturated rings. The molecule has 1 heterocycles. The largest absolute Gasteiger partial charge is 0.354 e. The van der Waals surface area contributed by atoms with E-state index in [4.69, 9.17) is 0 Å². The van der Waals surface area contributed by atoms with Crippen molar-refractivity contribution in [2.75, 3.05) is 19.6 Å². The Kier molecular flexibility index (Phi) is 8.16. The summed E-state index contributed by atoms with van der Waals surface area (Å²) in [4.78, 5) is 14.6. The Balaban J connectivity index is 1.79. The number of nitrogens with zero attached hydrogens (tertiary/aromatic N) is 1. The maximum Gasteiger partial charge on any atom is 0.220 e. The maximum atomic E-state index is 12.2. The molecule has 2 aromatic rings. The highest BCUT2D eigenvalue weighted by Crippen LogP contribution is 2.22. The molecule has 3 nitrogen and oxygen atoms in total. The standard InChI is InChI=1S/C21H30N2OS/c1-4-23(5-2)20(19-13-14-25-16-19)15-22-21(24)8-6-7-18-11-9-17(3)10-12-18/h9-14,16,20H,4-8,15H2,1-3H3,(H,22,24). The molecule has 136 valence electrons. The molecule has 1 amide bonds. The van der Waals surface area contributed by atoms with Gasteiger partial charge in [0, 0.05) is 13.0 Å². The maximum absolute atomic E-state index is 12.2. The van der Waals surface area contributed by atoms with Crippen LogP contribution in [0.25, 0.3) is 0 Å². The second kappa shape index (κ2) is 10.4. The molecule has 1 aromatic carbocycles. The monoisotopic (exact) mass is 358 g/mol. The fourth-order valence-electron chi connectivity index (χ4n) is 3.09. The molecule has 0 aliphatic carbocycles. The van der Waals surface area contributed by atoms with Gasteiger partial charge in [-0.3, -0.25) is 9.69 Å². The number of carbonyl (C=O) groups excluding carboxylic acids is 1. The Labute approximate surface area is 156 Å². The van der Waals surface area contributed by atoms with Gasteiger partial charge in [0.05, 0.1) is 6.04 Å². The second-order valence-electron chi connectivity index (χ2n) is 6.44. The SMILES string of the molecule is CCN(CC)C(CNC(=O)CCCc1ccc(C)cc1)c1ccsc1. The first-order chi connectivity index (χ1) is 12.1. The van der Waals surface area contributed by atoms with Crippen LogP contribution in [0.1, 0.15) is 49.4 Å². The van der Waals surface area contributed by atoms with Crippen molar-refractivity contribution in [3.63, 3.8) is 0 Å². The molecule has 4 heteroatoms. The van der Waals surface area contributed by atoms with Crippen LogP contribution in [-0.2, 0) is 11.2 Å². The lowest BCUT2D eigenvalue weighted by atomic mass is 10.1. The van der Waals surface area contributed by atoms with Crippen molar-refractivity contribution in [2.45, 2.75) is 46.1 Å². The van der Waals surface area contributed by atoms with E-state index in [-0.39, 0.29) is 11.9 Å². The Hall–Kier alpha value is -1.65. The lowest BCUT2D eigenvalue weighted by Gasteiger charge is -2.29. The van der Waals surface area contributed by atoms with Gasteiger partial charge in [-0.2, -0.15) is 11.3 Å². The summed E-state index contributed by atoms with van der Waals surface area (Å²) < 4.78 is 0. The highest BCUT2D eigenvalue weighted by atomic mass is 32.1. The number of aryl methyl sites for hydroxylation is 2. The minimum Gasteiger partial charge on any atom is -0.354 e.